The van der Waals surface area contributed by atoms with Gasteiger partial charge in [-0.05, 0) is 43.4 Å². The monoisotopic (exact) mass is 222 g/mol. The first-order chi connectivity index (χ1) is 7.70. The number of Topliss-reactive ketones (excluding diaryl/α,β-unsaturated/α-hetero) is 1. The van der Waals surface area contributed by atoms with Crippen LogP contribution < -0.4 is 0 Å². The number of hydrogen-bond donors (Lipinski definition) is 0. The number of hydrogen-bond acceptors (Lipinski definition) is 1. The number of rotatable bonds is 2. The van der Waals surface area contributed by atoms with Gasteiger partial charge in [-0.15, -0.1) is 0 Å². The largest absolute Gasteiger partial charge is 0.299 e. The molecule has 2 unspecified atom stereocenters. The highest BCUT2D eigenvalue weighted by Crippen LogP contribution is 2.40. The van der Waals surface area contributed by atoms with Crippen LogP contribution in [0.5, 0.6) is 0 Å². The molecule has 2 atom stereocenters. The van der Waals surface area contributed by atoms with Crippen LogP contribution in [0.2, 0.25) is 0 Å². The van der Waals surface area contributed by atoms with Crippen molar-refractivity contribution in [3.05, 3.63) is 0 Å². The topological polar surface area (TPSA) is 17.1 Å². The van der Waals surface area contributed by atoms with Gasteiger partial charge in [-0.2, -0.15) is 0 Å². The molecule has 0 heterocycles. The maximum absolute atomic E-state index is 12.0. The number of carbonyl (C=O) groups is 1. The van der Waals surface area contributed by atoms with E-state index in [1.165, 1.54) is 38.5 Å². The predicted molar refractivity (Wildman–Crippen MR) is 67.3 cm³/mol. The summed E-state index contributed by atoms with van der Waals surface area (Å²) in [7, 11) is 0. The lowest BCUT2D eigenvalue weighted by Gasteiger charge is -2.36. The van der Waals surface area contributed by atoms with Crippen LogP contribution in [0, 0.1) is 23.7 Å². The van der Waals surface area contributed by atoms with E-state index in [9.17, 15) is 4.79 Å². The fraction of sp³-hybridized carbons (Fsp3) is 0.933. The van der Waals surface area contributed by atoms with Gasteiger partial charge >= 0.3 is 0 Å². The Morgan fingerprint density at radius 1 is 1.12 bits per heavy atom. The highest BCUT2D eigenvalue weighted by atomic mass is 16.1. The smallest absolute Gasteiger partial charge is 0.136 e. The molecule has 2 saturated carbocycles. The average molecular weight is 222 g/mol. The summed E-state index contributed by atoms with van der Waals surface area (Å²) < 4.78 is 0. The Labute approximate surface area is 100.0 Å². The third kappa shape index (κ3) is 2.67. The second-order valence-electron chi connectivity index (χ2n) is 6.14. The van der Waals surface area contributed by atoms with Crippen LogP contribution in [0.25, 0.3) is 0 Å². The van der Waals surface area contributed by atoms with Gasteiger partial charge in [0, 0.05) is 12.3 Å². The molecule has 0 amide bonds. The van der Waals surface area contributed by atoms with Crippen molar-refractivity contribution >= 4 is 5.78 Å². The molecule has 92 valence electrons. The first-order valence-electron chi connectivity index (χ1n) is 7.23. The third-order valence-electron chi connectivity index (χ3n) is 4.99. The first-order valence-corrected chi connectivity index (χ1v) is 7.23. The molecule has 2 aliphatic rings. The highest BCUT2D eigenvalue weighted by molar-refractivity contribution is 5.82. The van der Waals surface area contributed by atoms with Crippen molar-refractivity contribution in [2.75, 3.05) is 0 Å². The van der Waals surface area contributed by atoms with Crippen LogP contribution in [0.15, 0.2) is 0 Å². The van der Waals surface area contributed by atoms with E-state index in [4.69, 9.17) is 0 Å². The summed E-state index contributed by atoms with van der Waals surface area (Å²) >= 11 is 0. The number of carbonyl (C=O) groups excluding carboxylic acids is 1. The molecule has 0 spiro atoms. The normalized spacial score (nSPS) is 41.0. The van der Waals surface area contributed by atoms with Gasteiger partial charge in [0.1, 0.15) is 5.78 Å². The molecule has 16 heavy (non-hydrogen) atoms. The Balaban J connectivity index is 1.89. The summed E-state index contributed by atoms with van der Waals surface area (Å²) in [6.07, 6.45) is 9.91. The van der Waals surface area contributed by atoms with Crippen LogP contribution in [0.3, 0.4) is 0 Å². The van der Waals surface area contributed by atoms with Crippen LogP contribution in [-0.4, -0.2) is 5.78 Å². The Morgan fingerprint density at radius 2 is 1.81 bits per heavy atom. The van der Waals surface area contributed by atoms with Crippen molar-refractivity contribution in [3.8, 4) is 0 Å². The summed E-state index contributed by atoms with van der Waals surface area (Å²) in [5, 5.41) is 0. The molecule has 0 bridgehead atoms. The zero-order valence-corrected chi connectivity index (χ0v) is 10.9. The molecule has 0 saturated heterocycles. The lowest BCUT2D eigenvalue weighted by atomic mass is 9.68. The van der Waals surface area contributed by atoms with Gasteiger partial charge in [-0.25, -0.2) is 0 Å². The molecule has 2 rings (SSSR count). The van der Waals surface area contributed by atoms with Gasteiger partial charge in [0.15, 0.2) is 0 Å². The van der Waals surface area contributed by atoms with Crippen molar-refractivity contribution in [2.45, 2.75) is 65.2 Å². The zero-order valence-electron chi connectivity index (χ0n) is 10.9. The molecule has 1 nitrogen and oxygen atoms in total. The maximum atomic E-state index is 12.0. The minimum absolute atomic E-state index is 0.432. The van der Waals surface area contributed by atoms with Crippen molar-refractivity contribution < 1.29 is 4.79 Å². The maximum Gasteiger partial charge on any atom is 0.136 e. The molecule has 0 aromatic rings. The minimum Gasteiger partial charge on any atom is -0.299 e. The average Bonchev–Trinajstić information content (AvgIpc) is 2.32. The zero-order chi connectivity index (χ0) is 11.5. The van der Waals surface area contributed by atoms with E-state index in [-0.39, 0.29) is 0 Å². The van der Waals surface area contributed by atoms with Crippen LogP contribution >= 0.6 is 0 Å². The van der Waals surface area contributed by atoms with Crippen LogP contribution in [0.4, 0.5) is 0 Å². The van der Waals surface area contributed by atoms with Crippen LogP contribution in [-0.2, 0) is 4.79 Å². The molecule has 0 radical (unpaired) electrons. The molecule has 0 aromatic heterocycles. The molecular formula is C15H26O. The summed E-state index contributed by atoms with van der Waals surface area (Å²) in [5.41, 5.74) is 0. The van der Waals surface area contributed by atoms with Crippen molar-refractivity contribution in [1.82, 2.24) is 0 Å². The SMILES string of the molecule is CCC1CCC(C2CC(C)CCC2=O)CC1. The van der Waals surface area contributed by atoms with Crippen molar-refractivity contribution in [2.24, 2.45) is 23.7 Å². The Hall–Kier alpha value is -0.330. The molecule has 0 aliphatic heterocycles. The predicted octanol–water partition coefficient (Wildman–Crippen LogP) is 4.21. The van der Waals surface area contributed by atoms with Crippen molar-refractivity contribution in [3.63, 3.8) is 0 Å². The second-order valence-corrected chi connectivity index (χ2v) is 6.14. The summed E-state index contributed by atoms with van der Waals surface area (Å²) in [6.45, 7) is 4.62. The summed E-state index contributed by atoms with van der Waals surface area (Å²) in [5.74, 6) is 3.48. The van der Waals surface area contributed by atoms with Gasteiger partial charge in [-0.3, -0.25) is 4.79 Å². The van der Waals surface area contributed by atoms with Gasteiger partial charge in [0.2, 0.25) is 0 Å². The van der Waals surface area contributed by atoms with E-state index >= 15 is 0 Å². The third-order valence-corrected chi connectivity index (χ3v) is 4.99. The molecular weight excluding hydrogens is 196 g/mol. The van der Waals surface area contributed by atoms with Gasteiger partial charge in [0.05, 0.1) is 0 Å². The standard InChI is InChI=1S/C15H26O/c1-3-12-5-7-13(8-6-12)14-10-11(2)4-9-15(14)16/h11-14H,3-10H2,1-2H3. The Kier molecular flexibility index (Phi) is 4.05. The van der Waals surface area contributed by atoms with E-state index in [2.05, 4.69) is 13.8 Å². The lowest BCUT2D eigenvalue weighted by molar-refractivity contribution is -0.128. The van der Waals surface area contributed by atoms with E-state index in [0.717, 1.165) is 30.6 Å². The van der Waals surface area contributed by atoms with Crippen molar-refractivity contribution in [1.29, 1.82) is 0 Å². The van der Waals surface area contributed by atoms with E-state index in [0.29, 0.717) is 11.7 Å². The fourth-order valence-corrected chi connectivity index (χ4v) is 3.71. The minimum atomic E-state index is 0.432. The number of ketones is 1. The van der Waals surface area contributed by atoms with E-state index < -0.39 is 0 Å². The van der Waals surface area contributed by atoms with E-state index in [1.807, 2.05) is 0 Å². The molecule has 0 aromatic carbocycles. The Morgan fingerprint density at radius 3 is 2.44 bits per heavy atom. The Bertz CT molecular complexity index is 238. The second kappa shape index (κ2) is 5.33. The molecule has 0 N–H and O–H groups in total. The highest BCUT2D eigenvalue weighted by Gasteiger charge is 2.34. The molecule has 2 aliphatic carbocycles. The molecule has 1 heteroatoms. The van der Waals surface area contributed by atoms with E-state index in [1.54, 1.807) is 0 Å². The van der Waals surface area contributed by atoms with Crippen LogP contribution in [0.1, 0.15) is 65.2 Å². The van der Waals surface area contributed by atoms with Gasteiger partial charge in [-0.1, -0.05) is 33.1 Å². The quantitative estimate of drug-likeness (QED) is 0.684. The fourth-order valence-electron chi connectivity index (χ4n) is 3.71. The lowest BCUT2D eigenvalue weighted by Crippen LogP contribution is -2.32. The van der Waals surface area contributed by atoms with Gasteiger partial charge < -0.3 is 0 Å². The summed E-state index contributed by atoms with van der Waals surface area (Å²) in [6, 6.07) is 0. The molecule has 2 fully saturated rings. The first kappa shape index (κ1) is 12.1. The summed E-state index contributed by atoms with van der Waals surface area (Å²) in [4.78, 5) is 12.0. The van der Waals surface area contributed by atoms with Gasteiger partial charge in [0.25, 0.3) is 0 Å².